The summed E-state index contributed by atoms with van der Waals surface area (Å²) in [6.45, 7) is 2.74. The van der Waals surface area contributed by atoms with Gasteiger partial charge in [-0.05, 0) is 54.9 Å². The van der Waals surface area contributed by atoms with Gasteiger partial charge < -0.3 is 9.47 Å². The molecule has 30 heavy (non-hydrogen) atoms. The fraction of sp³-hybridized carbons (Fsp3) is 0.429. The zero-order chi connectivity index (χ0) is 21.1. The first-order chi connectivity index (χ1) is 14.4. The lowest BCUT2D eigenvalue weighted by Crippen LogP contribution is -2.34. The molecule has 0 aliphatic carbocycles. The Morgan fingerprint density at radius 3 is 2.67 bits per heavy atom. The number of alkyl halides is 3. The first-order valence-corrected chi connectivity index (χ1v) is 11.8. The molecule has 0 radical (unpaired) electrons. The number of piperidine rings is 1. The summed E-state index contributed by atoms with van der Waals surface area (Å²) in [5, 5.41) is 13.6. The number of rotatable bonds is 6. The summed E-state index contributed by atoms with van der Waals surface area (Å²) in [7, 11) is 1.98. The number of thioether (sulfide) groups is 1. The molecule has 1 aromatic carbocycles. The van der Waals surface area contributed by atoms with Crippen LogP contribution in [0.3, 0.4) is 0 Å². The average Bonchev–Trinajstić information content (AvgIpc) is 3.38. The van der Waals surface area contributed by atoms with Crippen LogP contribution in [0.5, 0.6) is 0 Å². The third kappa shape index (κ3) is 4.90. The smallest absolute Gasteiger partial charge is 0.305 e. The number of hydrogen-bond acceptors (Lipinski definition) is 5. The van der Waals surface area contributed by atoms with Crippen molar-refractivity contribution in [3.8, 4) is 11.4 Å². The van der Waals surface area contributed by atoms with Crippen LogP contribution in [0.15, 0.2) is 46.2 Å². The maximum Gasteiger partial charge on any atom is 0.416 e. The molecule has 4 rings (SSSR count). The van der Waals surface area contributed by atoms with Crippen molar-refractivity contribution >= 4 is 23.1 Å². The fourth-order valence-corrected chi connectivity index (χ4v) is 5.35. The molecule has 0 atom stereocenters. The molecule has 1 aliphatic heterocycles. The topological polar surface area (TPSA) is 34.0 Å². The molecule has 3 aromatic rings. The Morgan fingerprint density at radius 2 is 1.97 bits per heavy atom. The SMILES string of the molecule is Cn1c(SCCN2CCC(c3cccc(C(F)(F)F)c3)CC2)nnc1-c1ccsc1. The normalized spacial score (nSPS) is 16.3. The second-order valence-electron chi connectivity index (χ2n) is 7.46. The van der Waals surface area contributed by atoms with Crippen LogP contribution in [0.4, 0.5) is 13.2 Å². The van der Waals surface area contributed by atoms with Crippen molar-refractivity contribution in [3.63, 3.8) is 0 Å². The van der Waals surface area contributed by atoms with E-state index in [1.165, 1.54) is 12.1 Å². The molecular weight excluding hydrogens is 429 g/mol. The molecule has 3 heterocycles. The molecule has 0 bridgehead atoms. The van der Waals surface area contributed by atoms with Gasteiger partial charge in [0.2, 0.25) is 0 Å². The van der Waals surface area contributed by atoms with Gasteiger partial charge in [-0.25, -0.2) is 0 Å². The van der Waals surface area contributed by atoms with Gasteiger partial charge in [-0.15, -0.1) is 10.2 Å². The van der Waals surface area contributed by atoms with E-state index in [0.717, 1.165) is 66.4 Å². The number of likely N-dealkylation sites (tertiary alicyclic amines) is 1. The minimum Gasteiger partial charge on any atom is -0.305 e. The van der Waals surface area contributed by atoms with Gasteiger partial charge >= 0.3 is 6.18 Å². The van der Waals surface area contributed by atoms with Crippen molar-refractivity contribution < 1.29 is 13.2 Å². The molecule has 0 spiro atoms. The summed E-state index contributed by atoms with van der Waals surface area (Å²) >= 11 is 3.33. The lowest BCUT2D eigenvalue weighted by molar-refractivity contribution is -0.137. The van der Waals surface area contributed by atoms with Gasteiger partial charge in [0.05, 0.1) is 5.56 Å². The van der Waals surface area contributed by atoms with Crippen molar-refractivity contribution in [1.29, 1.82) is 0 Å². The van der Waals surface area contributed by atoms with Gasteiger partial charge in [0.1, 0.15) is 0 Å². The summed E-state index contributed by atoms with van der Waals surface area (Å²) in [6.07, 6.45) is -2.51. The van der Waals surface area contributed by atoms with Crippen molar-refractivity contribution in [3.05, 3.63) is 52.2 Å². The van der Waals surface area contributed by atoms with Crippen molar-refractivity contribution in [2.75, 3.05) is 25.4 Å². The minimum atomic E-state index is -4.28. The molecule has 0 unspecified atom stereocenters. The van der Waals surface area contributed by atoms with E-state index in [1.54, 1.807) is 23.1 Å². The van der Waals surface area contributed by atoms with E-state index in [0.29, 0.717) is 0 Å². The molecule has 4 nitrogen and oxygen atoms in total. The van der Waals surface area contributed by atoms with Gasteiger partial charge in [0, 0.05) is 30.3 Å². The van der Waals surface area contributed by atoms with Crippen LogP contribution in [0.1, 0.15) is 29.9 Å². The van der Waals surface area contributed by atoms with E-state index in [1.807, 2.05) is 29.1 Å². The van der Waals surface area contributed by atoms with E-state index >= 15 is 0 Å². The molecule has 2 aromatic heterocycles. The van der Waals surface area contributed by atoms with E-state index in [-0.39, 0.29) is 5.92 Å². The molecular formula is C21H23F3N4S2. The summed E-state index contributed by atoms with van der Waals surface area (Å²) in [5.41, 5.74) is 1.33. The number of halogens is 3. The first-order valence-electron chi connectivity index (χ1n) is 9.86. The zero-order valence-electron chi connectivity index (χ0n) is 16.6. The maximum absolute atomic E-state index is 13.0. The number of benzene rings is 1. The van der Waals surface area contributed by atoms with Crippen LogP contribution >= 0.6 is 23.1 Å². The lowest BCUT2D eigenvalue weighted by Gasteiger charge is -2.32. The largest absolute Gasteiger partial charge is 0.416 e. The van der Waals surface area contributed by atoms with Crippen LogP contribution in [-0.2, 0) is 13.2 Å². The summed E-state index contributed by atoms with van der Waals surface area (Å²) in [6, 6.07) is 7.84. The van der Waals surface area contributed by atoms with Crippen molar-refractivity contribution in [1.82, 2.24) is 19.7 Å². The Bertz CT molecular complexity index is 961. The Morgan fingerprint density at radius 1 is 1.17 bits per heavy atom. The van der Waals surface area contributed by atoms with Gasteiger partial charge in [0.25, 0.3) is 0 Å². The van der Waals surface area contributed by atoms with Crippen LogP contribution in [0, 0.1) is 0 Å². The quantitative estimate of drug-likeness (QED) is 0.460. The predicted molar refractivity (Wildman–Crippen MR) is 115 cm³/mol. The Kier molecular flexibility index (Phi) is 6.50. The molecule has 0 saturated carbocycles. The van der Waals surface area contributed by atoms with Gasteiger partial charge in [0.15, 0.2) is 11.0 Å². The number of thiophene rings is 1. The summed E-state index contributed by atoms with van der Waals surface area (Å²) in [4.78, 5) is 2.38. The maximum atomic E-state index is 13.0. The number of nitrogens with zero attached hydrogens (tertiary/aromatic N) is 4. The fourth-order valence-electron chi connectivity index (χ4n) is 3.81. The molecule has 1 fully saturated rings. The molecule has 1 saturated heterocycles. The standard InChI is InChI=1S/C21H23F3N4S2/c1-27-19(17-7-11-29-14-17)25-26-20(27)30-12-10-28-8-5-15(6-9-28)16-3-2-4-18(13-16)21(22,23)24/h2-4,7,11,13-15H,5-6,8-10,12H2,1H3. The van der Waals surface area contributed by atoms with Crippen LogP contribution in [0.25, 0.3) is 11.4 Å². The van der Waals surface area contributed by atoms with Gasteiger partial charge in [-0.2, -0.15) is 24.5 Å². The molecule has 0 amide bonds. The van der Waals surface area contributed by atoms with Gasteiger partial charge in [-0.1, -0.05) is 30.0 Å². The van der Waals surface area contributed by atoms with Crippen LogP contribution < -0.4 is 0 Å². The van der Waals surface area contributed by atoms with E-state index in [9.17, 15) is 13.2 Å². The van der Waals surface area contributed by atoms with Crippen molar-refractivity contribution in [2.45, 2.75) is 30.1 Å². The third-order valence-electron chi connectivity index (χ3n) is 5.53. The second-order valence-corrected chi connectivity index (χ2v) is 9.31. The van der Waals surface area contributed by atoms with E-state index < -0.39 is 11.7 Å². The van der Waals surface area contributed by atoms with E-state index in [4.69, 9.17) is 0 Å². The molecule has 9 heteroatoms. The second kappa shape index (κ2) is 9.11. The third-order valence-corrected chi connectivity index (χ3v) is 7.21. The number of hydrogen-bond donors (Lipinski definition) is 0. The van der Waals surface area contributed by atoms with Gasteiger partial charge in [-0.3, -0.25) is 0 Å². The van der Waals surface area contributed by atoms with Crippen LogP contribution in [-0.4, -0.2) is 45.1 Å². The zero-order valence-corrected chi connectivity index (χ0v) is 18.2. The molecule has 1 aliphatic rings. The van der Waals surface area contributed by atoms with E-state index in [2.05, 4.69) is 20.5 Å². The van der Waals surface area contributed by atoms with Crippen LogP contribution in [0.2, 0.25) is 0 Å². The molecule has 0 N–H and O–H groups in total. The Labute approximate surface area is 182 Å². The summed E-state index contributed by atoms with van der Waals surface area (Å²) in [5.74, 6) is 1.98. The summed E-state index contributed by atoms with van der Waals surface area (Å²) < 4.78 is 40.9. The minimum absolute atomic E-state index is 0.197. The highest BCUT2D eigenvalue weighted by molar-refractivity contribution is 7.99. The highest BCUT2D eigenvalue weighted by atomic mass is 32.2. The highest BCUT2D eigenvalue weighted by Crippen LogP contribution is 2.34. The number of aromatic nitrogens is 3. The lowest BCUT2D eigenvalue weighted by atomic mass is 9.88. The predicted octanol–water partition coefficient (Wildman–Crippen LogP) is 5.53. The average molecular weight is 453 g/mol. The monoisotopic (exact) mass is 452 g/mol. The molecule has 160 valence electrons. The van der Waals surface area contributed by atoms with Crippen molar-refractivity contribution in [2.24, 2.45) is 7.05 Å². The highest BCUT2D eigenvalue weighted by Gasteiger charge is 2.31. The Balaban J connectivity index is 1.26. The Hall–Kier alpha value is -1.84. The first kappa shape index (κ1) is 21.4.